The first-order valence-corrected chi connectivity index (χ1v) is 5.21. The number of carbonyl (C=O) groups is 1. The van der Waals surface area contributed by atoms with Gasteiger partial charge >= 0.3 is 0 Å². The normalized spacial score (nSPS) is 24.5. The summed E-state index contributed by atoms with van der Waals surface area (Å²) in [5.74, 6) is 2.42. The standard InChI is InChI=1S/C8H14O2S/c9-4-2-1-3-7-5-11-6-8(7)10/h7,9H,1-6H2. The molecule has 0 bridgehead atoms. The fourth-order valence-corrected chi connectivity index (χ4v) is 2.45. The second-order valence-electron chi connectivity index (χ2n) is 2.90. The van der Waals surface area contributed by atoms with E-state index in [-0.39, 0.29) is 6.61 Å². The van der Waals surface area contributed by atoms with Crippen LogP contribution in [0.2, 0.25) is 0 Å². The Bertz CT molecular complexity index is 136. The maximum absolute atomic E-state index is 11.1. The van der Waals surface area contributed by atoms with Crippen molar-refractivity contribution in [1.29, 1.82) is 0 Å². The van der Waals surface area contributed by atoms with Gasteiger partial charge in [0.15, 0.2) is 0 Å². The van der Waals surface area contributed by atoms with Crippen LogP contribution in [0.15, 0.2) is 0 Å². The van der Waals surface area contributed by atoms with E-state index < -0.39 is 0 Å². The molecule has 1 rings (SSSR count). The molecule has 0 aromatic carbocycles. The van der Waals surface area contributed by atoms with Gasteiger partial charge in [0, 0.05) is 18.3 Å². The highest BCUT2D eigenvalue weighted by atomic mass is 32.2. The van der Waals surface area contributed by atoms with Crippen LogP contribution in [-0.2, 0) is 4.79 Å². The summed E-state index contributed by atoms with van der Waals surface area (Å²) in [6, 6.07) is 0. The van der Waals surface area contributed by atoms with Crippen molar-refractivity contribution in [2.45, 2.75) is 19.3 Å². The number of aliphatic hydroxyl groups is 1. The third kappa shape index (κ3) is 2.83. The summed E-state index contributed by atoms with van der Waals surface area (Å²) in [4.78, 5) is 11.1. The van der Waals surface area contributed by atoms with Gasteiger partial charge in [-0.2, -0.15) is 11.8 Å². The SMILES string of the molecule is O=C1CSCC1CCCCO. The molecule has 1 aliphatic rings. The molecular weight excluding hydrogens is 160 g/mol. The first-order valence-electron chi connectivity index (χ1n) is 4.06. The van der Waals surface area contributed by atoms with Gasteiger partial charge in [-0.1, -0.05) is 6.42 Å². The number of carbonyl (C=O) groups excluding carboxylic acids is 1. The predicted octanol–water partition coefficient (Wildman–Crippen LogP) is 1.08. The molecule has 0 spiro atoms. The van der Waals surface area contributed by atoms with Gasteiger partial charge in [0.05, 0.1) is 5.75 Å². The predicted molar refractivity (Wildman–Crippen MR) is 46.8 cm³/mol. The molecule has 0 aromatic rings. The van der Waals surface area contributed by atoms with E-state index in [4.69, 9.17) is 5.11 Å². The number of ketones is 1. The minimum Gasteiger partial charge on any atom is -0.396 e. The Morgan fingerprint density at radius 1 is 1.55 bits per heavy atom. The summed E-state index contributed by atoms with van der Waals surface area (Å²) in [5.41, 5.74) is 0. The number of thioether (sulfide) groups is 1. The summed E-state index contributed by atoms with van der Waals surface area (Å²) in [7, 11) is 0. The number of Topliss-reactive ketones (excluding diaryl/α,β-unsaturated/α-hetero) is 1. The lowest BCUT2D eigenvalue weighted by atomic mass is 10.0. The minimum atomic E-state index is 0.258. The highest BCUT2D eigenvalue weighted by molar-refractivity contribution is 8.00. The van der Waals surface area contributed by atoms with Crippen LogP contribution in [0.1, 0.15) is 19.3 Å². The summed E-state index contributed by atoms with van der Waals surface area (Å²) >= 11 is 1.74. The van der Waals surface area contributed by atoms with Gasteiger partial charge in [0.2, 0.25) is 0 Å². The topological polar surface area (TPSA) is 37.3 Å². The van der Waals surface area contributed by atoms with E-state index in [1.807, 2.05) is 0 Å². The van der Waals surface area contributed by atoms with Crippen LogP contribution in [0.4, 0.5) is 0 Å². The Balaban J connectivity index is 2.10. The van der Waals surface area contributed by atoms with Crippen molar-refractivity contribution in [3.05, 3.63) is 0 Å². The monoisotopic (exact) mass is 174 g/mol. The van der Waals surface area contributed by atoms with E-state index in [0.29, 0.717) is 17.5 Å². The van der Waals surface area contributed by atoms with Crippen molar-refractivity contribution >= 4 is 17.5 Å². The molecule has 1 aliphatic heterocycles. The lowest BCUT2D eigenvalue weighted by Gasteiger charge is -2.04. The summed E-state index contributed by atoms with van der Waals surface area (Å²) in [6.07, 6.45) is 2.81. The summed E-state index contributed by atoms with van der Waals surface area (Å²) in [5, 5.41) is 8.52. The van der Waals surface area contributed by atoms with Crippen LogP contribution in [-0.4, -0.2) is 29.0 Å². The molecule has 64 valence electrons. The van der Waals surface area contributed by atoms with Gasteiger partial charge < -0.3 is 5.11 Å². The lowest BCUT2D eigenvalue weighted by Crippen LogP contribution is -2.10. The third-order valence-electron chi connectivity index (χ3n) is 1.98. The van der Waals surface area contributed by atoms with E-state index in [9.17, 15) is 4.79 Å². The molecule has 3 heteroatoms. The molecule has 1 N–H and O–H groups in total. The highest BCUT2D eigenvalue weighted by Gasteiger charge is 2.23. The van der Waals surface area contributed by atoms with Gasteiger partial charge in [0.25, 0.3) is 0 Å². The number of rotatable bonds is 4. The zero-order valence-corrected chi connectivity index (χ0v) is 7.40. The molecule has 1 saturated heterocycles. The molecule has 1 atom stereocenters. The molecule has 1 unspecified atom stereocenters. The molecule has 0 saturated carbocycles. The molecular formula is C8H14O2S. The fraction of sp³-hybridized carbons (Fsp3) is 0.875. The number of hydrogen-bond donors (Lipinski definition) is 1. The molecule has 1 fully saturated rings. The Morgan fingerprint density at radius 2 is 2.36 bits per heavy atom. The highest BCUT2D eigenvalue weighted by Crippen LogP contribution is 2.24. The Morgan fingerprint density at radius 3 is 2.91 bits per heavy atom. The minimum absolute atomic E-state index is 0.258. The average Bonchev–Trinajstić information content (AvgIpc) is 2.37. The molecule has 2 nitrogen and oxygen atoms in total. The Labute approximate surface area is 71.4 Å². The van der Waals surface area contributed by atoms with Crippen LogP contribution in [0.3, 0.4) is 0 Å². The van der Waals surface area contributed by atoms with Gasteiger partial charge in [-0.25, -0.2) is 0 Å². The van der Waals surface area contributed by atoms with Crippen LogP contribution in [0.25, 0.3) is 0 Å². The van der Waals surface area contributed by atoms with Crippen LogP contribution >= 0.6 is 11.8 Å². The smallest absolute Gasteiger partial charge is 0.146 e. The first-order chi connectivity index (χ1) is 5.34. The molecule has 0 amide bonds. The second kappa shape index (κ2) is 4.78. The number of aliphatic hydroxyl groups excluding tert-OH is 1. The third-order valence-corrected chi connectivity index (χ3v) is 3.11. The Hall–Kier alpha value is -0.0200. The van der Waals surface area contributed by atoms with E-state index in [1.54, 1.807) is 11.8 Å². The van der Waals surface area contributed by atoms with E-state index >= 15 is 0 Å². The van der Waals surface area contributed by atoms with E-state index in [0.717, 1.165) is 25.0 Å². The number of unbranched alkanes of at least 4 members (excludes halogenated alkanes) is 1. The fourth-order valence-electron chi connectivity index (χ4n) is 1.26. The summed E-state index contributed by atoms with van der Waals surface area (Å²) < 4.78 is 0. The van der Waals surface area contributed by atoms with Gasteiger partial charge in [-0.05, 0) is 12.8 Å². The van der Waals surface area contributed by atoms with Gasteiger partial charge in [-0.15, -0.1) is 0 Å². The van der Waals surface area contributed by atoms with Crippen molar-refractivity contribution in [1.82, 2.24) is 0 Å². The maximum atomic E-state index is 11.1. The lowest BCUT2D eigenvalue weighted by molar-refractivity contribution is -0.119. The molecule has 0 radical (unpaired) electrons. The quantitative estimate of drug-likeness (QED) is 0.648. The summed E-state index contributed by atoms with van der Waals surface area (Å²) in [6.45, 7) is 0.258. The zero-order chi connectivity index (χ0) is 8.10. The van der Waals surface area contributed by atoms with Crippen molar-refractivity contribution in [3.8, 4) is 0 Å². The molecule has 0 aromatic heterocycles. The van der Waals surface area contributed by atoms with E-state index in [1.165, 1.54) is 0 Å². The molecule has 1 heterocycles. The van der Waals surface area contributed by atoms with Crippen LogP contribution in [0, 0.1) is 5.92 Å². The van der Waals surface area contributed by atoms with Crippen molar-refractivity contribution < 1.29 is 9.90 Å². The Kier molecular flexibility index (Phi) is 3.94. The van der Waals surface area contributed by atoms with Crippen LogP contribution < -0.4 is 0 Å². The second-order valence-corrected chi connectivity index (χ2v) is 3.93. The molecule has 0 aliphatic carbocycles. The number of hydrogen-bond acceptors (Lipinski definition) is 3. The van der Waals surface area contributed by atoms with Crippen molar-refractivity contribution in [2.75, 3.05) is 18.1 Å². The van der Waals surface area contributed by atoms with Crippen molar-refractivity contribution in [3.63, 3.8) is 0 Å². The largest absolute Gasteiger partial charge is 0.396 e. The van der Waals surface area contributed by atoms with Crippen molar-refractivity contribution in [2.24, 2.45) is 5.92 Å². The molecule has 11 heavy (non-hydrogen) atoms. The van der Waals surface area contributed by atoms with E-state index in [2.05, 4.69) is 0 Å². The van der Waals surface area contributed by atoms with Crippen LogP contribution in [0.5, 0.6) is 0 Å². The average molecular weight is 174 g/mol. The maximum Gasteiger partial charge on any atom is 0.146 e. The zero-order valence-electron chi connectivity index (χ0n) is 6.58. The van der Waals surface area contributed by atoms with Gasteiger partial charge in [0.1, 0.15) is 5.78 Å². The van der Waals surface area contributed by atoms with Gasteiger partial charge in [-0.3, -0.25) is 4.79 Å². The first kappa shape index (κ1) is 9.07.